The summed E-state index contributed by atoms with van der Waals surface area (Å²) in [4.78, 5) is 34.0. The molecule has 7 heteroatoms. The number of fused-ring (bicyclic) bond motifs is 3. The van der Waals surface area contributed by atoms with Gasteiger partial charge in [-0.1, -0.05) is 48.5 Å². The summed E-state index contributed by atoms with van der Waals surface area (Å²) in [6.07, 6.45) is -0.817. The lowest BCUT2D eigenvalue weighted by atomic mass is 9.98. The molecule has 2 aromatic rings. The Labute approximate surface area is 162 Å². The van der Waals surface area contributed by atoms with Crippen molar-refractivity contribution in [1.82, 2.24) is 5.32 Å². The summed E-state index contributed by atoms with van der Waals surface area (Å²) in [5.74, 6) is -2.35. The highest BCUT2D eigenvalue weighted by atomic mass is 16.5. The summed E-state index contributed by atoms with van der Waals surface area (Å²) in [7, 11) is 0. The monoisotopic (exact) mass is 383 g/mol. The molecule has 0 fully saturated rings. The molecule has 7 nitrogen and oxygen atoms in total. The Morgan fingerprint density at radius 1 is 0.964 bits per heavy atom. The minimum absolute atomic E-state index is 0.0197. The third-order valence-corrected chi connectivity index (χ3v) is 4.82. The first kappa shape index (κ1) is 19.4. The standard InChI is InChI=1S/C21H21NO6/c23-19(24)11-5-10-18(20(25)26)22-21(27)28-12-17-15-8-3-1-6-13(15)14-7-2-4-9-16(14)17/h1-4,6-9,17-18H,5,10-12H2,(H,22,27)(H,23,24)(H,25,26). The van der Waals surface area contributed by atoms with Crippen molar-refractivity contribution in [2.75, 3.05) is 6.61 Å². The maximum atomic E-state index is 12.1. The third-order valence-electron chi connectivity index (χ3n) is 4.82. The van der Waals surface area contributed by atoms with Gasteiger partial charge in [-0.3, -0.25) is 4.79 Å². The van der Waals surface area contributed by atoms with Gasteiger partial charge in [0.1, 0.15) is 12.6 Å². The number of hydrogen-bond acceptors (Lipinski definition) is 4. The number of aliphatic carboxylic acids is 2. The first-order valence-electron chi connectivity index (χ1n) is 9.03. The van der Waals surface area contributed by atoms with Gasteiger partial charge < -0.3 is 20.3 Å². The van der Waals surface area contributed by atoms with Gasteiger partial charge in [0.15, 0.2) is 0 Å². The maximum absolute atomic E-state index is 12.1. The zero-order valence-electron chi connectivity index (χ0n) is 15.1. The largest absolute Gasteiger partial charge is 0.481 e. The van der Waals surface area contributed by atoms with Gasteiger partial charge in [-0.25, -0.2) is 9.59 Å². The van der Waals surface area contributed by atoms with E-state index in [4.69, 9.17) is 9.84 Å². The fraction of sp³-hybridized carbons (Fsp3) is 0.286. The summed E-state index contributed by atoms with van der Waals surface area (Å²) in [5, 5.41) is 20.2. The molecule has 0 bridgehead atoms. The SMILES string of the molecule is O=C(O)CCCC(NC(=O)OCC1c2ccccc2-c2ccccc21)C(=O)O. The lowest BCUT2D eigenvalue weighted by Gasteiger charge is -2.17. The van der Waals surface area contributed by atoms with Crippen LogP contribution in [0.3, 0.4) is 0 Å². The van der Waals surface area contributed by atoms with E-state index in [1.54, 1.807) is 0 Å². The Morgan fingerprint density at radius 2 is 1.54 bits per heavy atom. The quantitative estimate of drug-likeness (QED) is 0.645. The minimum atomic E-state index is -1.22. The van der Waals surface area contributed by atoms with E-state index in [9.17, 15) is 19.5 Å². The number of nitrogens with one attached hydrogen (secondary N) is 1. The van der Waals surface area contributed by atoms with Crippen LogP contribution >= 0.6 is 0 Å². The van der Waals surface area contributed by atoms with Gasteiger partial charge in [0.05, 0.1) is 0 Å². The van der Waals surface area contributed by atoms with Crippen molar-refractivity contribution in [3.8, 4) is 11.1 Å². The lowest BCUT2D eigenvalue weighted by Crippen LogP contribution is -2.41. The van der Waals surface area contributed by atoms with Gasteiger partial charge in [0.2, 0.25) is 0 Å². The number of carbonyl (C=O) groups excluding carboxylic acids is 1. The van der Waals surface area contributed by atoms with E-state index in [1.807, 2.05) is 48.5 Å². The fourth-order valence-electron chi connectivity index (χ4n) is 3.50. The van der Waals surface area contributed by atoms with Crippen molar-refractivity contribution in [2.24, 2.45) is 0 Å². The van der Waals surface area contributed by atoms with E-state index < -0.39 is 24.1 Å². The second kappa shape index (κ2) is 8.56. The molecule has 0 saturated carbocycles. The second-order valence-corrected chi connectivity index (χ2v) is 6.65. The minimum Gasteiger partial charge on any atom is -0.481 e. The number of carboxylic acids is 2. The first-order valence-corrected chi connectivity index (χ1v) is 9.03. The molecular formula is C21H21NO6. The van der Waals surface area contributed by atoms with Crippen LogP contribution in [0.2, 0.25) is 0 Å². The molecule has 0 heterocycles. The Hall–Kier alpha value is -3.35. The number of ether oxygens (including phenoxy) is 1. The summed E-state index contributed by atoms with van der Waals surface area (Å²) in [5.41, 5.74) is 4.33. The van der Waals surface area contributed by atoms with Crippen LogP contribution in [0.4, 0.5) is 4.79 Å². The van der Waals surface area contributed by atoms with Gasteiger partial charge in [-0.2, -0.15) is 0 Å². The molecule has 1 aliphatic rings. The van der Waals surface area contributed by atoms with E-state index in [2.05, 4.69) is 5.32 Å². The van der Waals surface area contributed by atoms with Gasteiger partial charge in [-0.05, 0) is 35.1 Å². The predicted octanol–water partition coefficient (Wildman–Crippen LogP) is 3.23. The van der Waals surface area contributed by atoms with Gasteiger partial charge >= 0.3 is 18.0 Å². The summed E-state index contributed by atoms with van der Waals surface area (Å²) < 4.78 is 5.32. The molecule has 3 rings (SSSR count). The highest BCUT2D eigenvalue weighted by molar-refractivity contribution is 5.81. The molecule has 0 aromatic heterocycles. The second-order valence-electron chi connectivity index (χ2n) is 6.65. The van der Waals surface area contributed by atoms with Crippen LogP contribution in [0.25, 0.3) is 11.1 Å². The summed E-state index contributed by atoms with van der Waals surface area (Å²) >= 11 is 0. The number of carboxylic acid groups (broad SMARTS) is 2. The highest BCUT2D eigenvalue weighted by Gasteiger charge is 2.29. The topological polar surface area (TPSA) is 113 Å². The highest BCUT2D eigenvalue weighted by Crippen LogP contribution is 2.44. The first-order chi connectivity index (χ1) is 13.5. The summed E-state index contributed by atoms with van der Waals surface area (Å²) in [6, 6.07) is 14.6. The number of hydrogen-bond donors (Lipinski definition) is 3. The van der Waals surface area contributed by atoms with Crippen molar-refractivity contribution in [3.05, 3.63) is 59.7 Å². The number of carbonyl (C=O) groups is 3. The Morgan fingerprint density at radius 3 is 2.07 bits per heavy atom. The van der Waals surface area contributed by atoms with E-state index in [-0.39, 0.29) is 31.8 Å². The Bertz CT molecular complexity index is 848. The van der Waals surface area contributed by atoms with E-state index in [1.165, 1.54) is 0 Å². The molecule has 1 amide bonds. The maximum Gasteiger partial charge on any atom is 0.407 e. The van der Waals surface area contributed by atoms with Crippen LogP contribution in [0.15, 0.2) is 48.5 Å². The van der Waals surface area contributed by atoms with Crippen molar-refractivity contribution < 1.29 is 29.3 Å². The zero-order chi connectivity index (χ0) is 20.1. The van der Waals surface area contributed by atoms with Crippen LogP contribution in [0.1, 0.15) is 36.3 Å². The van der Waals surface area contributed by atoms with Crippen molar-refractivity contribution in [1.29, 1.82) is 0 Å². The average molecular weight is 383 g/mol. The van der Waals surface area contributed by atoms with Gasteiger partial charge in [0.25, 0.3) is 0 Å². The van der Waals surface area contributed by atoms with Crippen molar-refractivity contribution in [3.63, 3.8) is 0 Å². The molecule has 0 saturated heterocycles. The van der Waals surface area contributed by atoms with Crippen molar-refractivity contribution in [2.45, 2.75) is 31.2 Å². The van der Waals surface area contributed by atoms with Crippen molar-refractivity contribution >= 4 is 18.0 Å². The molecule has 0 radical (unpaired) electrons. The normalized spacial score (nSPS) is 13.3. The van der Waals surface area contributed by atoms with E-state index in [0.29, 0.717) is 0 Å². The Kier molecular flexibility index (Phi) is 5.93. The molecule has 1 aliphatic carbocycles. The number of benzene rings is 2. The van der Waals surface area contributed by atoms with Crippen LogP contribution in [0, 0.1) is 0 Å². The number of rotatable bonds is 8. The molecule has 1 atom stereocenters. The van der Waals surface area contributed by atoms with Crippen LogP contribution in [-0.4, -0.2) is 40.9 Å². The average Bonchev–Trinajstić information content (AvgIpc) is 2.99. The van der Waals surface area contributed by atoms with E-state index in [0.717, 1.165) is 22.3 Å². The van der Waals surface area contributed by atoms with Crippen LogP contribution in [-0.2, 0) is 14.3 Å². The Balaban J connectivity index is 1.62. The fourth-order valence-corrected chi connectivity index (χ4v) is 3.50. The number of amides is 1. The molecule has 28 heavy (non-hydrogen) atoms. The molecule has 2 aromatic carbocycles. The lowest BCUT2D eigenvalue weighted by molar-refractivity contribution is -0.141. The molecule has 3 N–H and O–H groups in total. The molecule has 146 valence electrons. The van der Waals surface area contributed by atoms with Crippen LogP contribution < -0.4 is 5.32 Å². The molecular weight excluding hydrogens is 362 g/mol. The molecule has 1 unspecified atom stereocenters. The third kappa shape index (κ3) is 4.31. The zero-order valence-corrected chi connectivity index (χ0v) is 15.1. The number of alkyl carbamates (subject to hydrolysis) is 1. The van der Waals surface area contributed by atoms with Gasteiger partial charge in [0, 0.05) is 12.3 Å². The molecule has 0 aliphatic heterocycles. The smallest absolute Gasteiger partial charge is 0.407 e. The van der Waals surface area contributed by atoms with E-state index >= 15 is 0 Å². The van der Waals surface area contributed by atoms with Gasteiger partial charge in [-0.15, -0.1) is 0 Å². The van der Waals surface area contributed by atoms with Crippen LogP contribution in [0.5, 0.6) is 0 Å². The summed E-state index contributed by atoms with van der Waals surface area (Å²) in [6.45, 7) is 0.0846. The predicted molar refractivity (Wildman–Crippen MR) is 101 cm³/mol. The molecule has 0 spiro atoms.